The first-order valence-electron chi connectivity index (χ1n) is 12.3. The molecule has 0 radical (unpaired) electrons. The molecule has 0 N–H and O–H groups in total. The zero-order chi connectivity index (χ0) is 23.2. The maximum absolute atomic E-state index is 3.36. The van der Waals surface area contributed by atoms with Gasteiger partial charge in [0.15, 0.2) is 0 Å². The molecule has 0 heteroatoms. The molecule has 1 saturated carbocycles. The summed E-state index contributed by atoms with van der Waals surface area (Å²) in [4.78, 5) is 0. The first-order valence-corrected chi connectivity index (χ1v) is 12.3. The van der Waals surface area contributed by atoms with Crippen molar-refractivity contribution in [3.05, 3.63) is 105 Å². The van der Waals surface area contributed by atoms with E-state index in [0.717, 1.165) is 34.1 Å². The van der Waals surface area contributed by atoms with Crippen LogP contribution in [0.4, 0.5) is 0 Å². The van der Waals surface area contributed by atoms with Gasteiger partial charge in [-0.15, -0.1) is 0 Å². The molecule has 3 aromatic rings. The van der Waals surface area contributed by atoms with Gasteiger partial charge < -0.3 is 0 Å². The predicted molar refractivity (Wildman–Crippen MR) is 140 cm³/mol. The van der Waals surface area contributed by atoms with E-state index in [4.69, 9.17) is 0 Å². The van der Waals surface area contributed by atoms with Crippen molar-refractivity contribution in [1.29, 1.82) is 0 Å². The number of aryl methyl sites for hydroxylation is 3. The largest absolute Gasteiger partial charge is 0.0625 e. The van der Waals surface area contributed by atoms with E-state index >= 15 is 0 Å². The van der Waals surface area contributed by atoms with Crippen LogP contribution in [0.25, 0.3) is 0 Å². The Morgan fingerprint density at radius 3 is 1.76 bits per heavy atom. The van der Waals surface area contributed by atoms with Crippen molar-refractivity contribution < 1.29 is 0 Å². The van der Waals surface area contributed by atoms with Crippen LogP contribution in [0.3, 0.4) is 0 Å². The summed E-state index contributed by atoms with van der Waals surface area (Å²) < 4.78 is 0. The average Bonchev–Trinajstić information content (AvgIpc) is 2.81. The summed E-state index contributed by atoms with van der Waals surface area (Å²) in [5.74, 6) is 15.1. The van der Waals surface area contributed by atoms with Crippen LogP contribution >= 0.6 is 0 Å². The number of hydrogen-bond acceptors (Lipinski definition) is 0. The van der Waals surface area contributed by atoms with Crippen LogP contribution in [0, 0.1) is 56.3 Å². The van der Waals surface area contributed by atoms with E-state index in [-0.39, 0.29) is 0 Å². The highest BCUT2D eigenvalue weighted by atomic mass is 14.2. The zero-order valence-electron chi connectivity index (χ0n) is 20.5. The van der Waals surface area contributed by atoms with Crippen molar-refractivity contribution in [1.82, 2.24) is 0 Å². The fourth-order valence-electron chi connectivity index (χ4n) is 4.74. The molecule has 0 heterocycles. The Morgan fingerprint density at radius 1 is 0.636 bits per heavy atom. The molecule has 1 aliphatic carbocycles. The van der Waals surface area contributed by atoms with Crippen molar-refractivity contribution in [2.45, 2.75) is 59.8 Å². The molecule has 0 atom stereocenters. The van der Waals surface area contributed by atoms with Gasteiger partial charge >= 0.3 is 0 Å². The SMILES string of the molecule is Cc1ccc(C#Cc2c(C)cc(C#Cc3ccc(CC4CCC(C)CC4)cc3)cc2C)cc1. The highest BCUT2D eigenvalue weighted by Gasteiger charge is 2.18. The van der Waals surface area contributed by atoms with Crippen molar-refractivity contribution in [2.24, 2.45) is 11.8 Å². The van der Waals surface area contributed by atoms with Gasteiger partial charge in [-0.25, -0.2) is 0 Å². The summed E-state index contributed by atoms with van der Waals surface area (Å²) in [6.45, 7) is 8.73. The lowest BCUT2D eigenvalue weighted by Crippen LogP contribution is -2.14. The van der Waals surface area contributed by atoms with E-state index < -0.39 is 0 Å². The van der Waals surface area contributed by atoms with Gasteiger partial charge in [-0.2, -0.15) is 0 Å². The number of hydrogen-bond donors (Lipinski definition) is 0. The molecule has 3 aromatic carbocycles. The molecule has 4 rings (SSSR count). The van der Waals surface area contributed by atoms with Crippen LogP contribution in [-0.2, 0) is 6.42 Å². The molecule has 0 bridgehead atoms. The van der Waals surface area contributed by atoms with Crippen LogP contribution in [0.2, 0.25) is 0 Å². The second kappa shape index (κ2) is 10.6. The topological polar surface area (TPSA) is 0 Å². The molecule has 0 saturated heterocycles. The lowest BCUT2D eigenvalue weighted by Gasteiger charge is -2.26. The Morgan fingerprint density at radius 2 is 1.15 bits per heavy atom. The van der Waals surface area contributed by atoms with E-state index in [1.165, 1.54) is 54.4 Å². The van der Waals surface area contributed by atoms with Gasteiger partial charge in [-0.3, -0.25) is 0 Å². The third kappa shape index (κ3) is 6.40. The minimum Gasteiger partial charge on any atom is -0.0625 e. The van der Waals surface area contributed by atoms with Gasteiger partial charge in [0.25, 0.3) is 0 Å². The molecule has 0 nitrogen and oxygen atoms in total. The summed E-state index contributed by atoms with van der Waals surface area (Å²) in [5, 5.41) is 0. The Kier molecular flexibility index (Phi) is 7.37. The van der Waals surface area contributed by atoms with Crippen LogP contribution in [0.15, 0.2) is 60.7 Å². The molecule has 1 aliphatic rings. The van der Waals surface area contributed by atoms with Gasteiger partial charge in [-0.05, 0) is 105 Å². The summed E-state index contributed by atoms with van der Waals surface area (Å²) in [5.41, 5.74) is 9.33. The molecule has 33 heavy (non-hydrogen) atoms. The van der Waals surface area contributed by atoms with Crippen molar-refractivity contribution in [3.63, 3.8) is 0 Å². The summed E-state index contributed by atoms with van der Waals surface area (Å²) in [6.07, 6.45) is 6.76. The second-order valence-corrected chi connectivity index (χ2v) is 9.88. The van der Waals surface area contributed by atoms with Crippen LogP contribution in [0.5, 0.6) is 0 Å². The molecular formula is C33H34. The minimum atomic E-state index is 0.858. The third-order valence-corrected chi connectivity index (χ3v) is 6.88. The summed E-state index contributed by atoms with van der Waals surface area (Å²) in [7, 11) is 0. The van der Waals surface area contributed by atoms with E-state index in [0.29, 0.717) is 0 Å². The molecule has 0 aromatic heterocycles. The van der Waals surface area contributed by atoms with Crippen LogP contribution in [-0.4, -0.2) is 0 Å². The fraction of sp³-hybridized carbons (Fsp3) is 0.333. The zero-order valence-corrected chi connectivity index (χ0v) is 20.5. The number of benzene rings is 3. The highest BCUT2D eigenvalue weighted by Crippen LogP contribution is 2.30. The smallest absolute Gasteiger partial charge is 0.0308 e. The molecule has 0 amide bonds. The van der Waals surface area contributed by atoms with Crippen LogP contribution < -0.4 is 0 Å². The molecule has 0 spiro atoms. The van der Waals surface area contributed by atoms with Gasteiger partial charge in [0.1, 0.15) is 0 Å². The number of rotatable bonds is 2. The summed E-state index contributed by atoms with van der Waals surface area (Å²) >= 11 is 0. The standard InChI is InChI=1S/C33H34/c1-24-5-9-28(10-6-24)19-20-33-26(3)21-32(22-27(33)4)18-15-29-13-16-31(17-14-29)23-30-11-7-25(2)8-12-30/h5-6,9-10,13-14,16-17,21-22,25,30H,7-8,11-12,23H2,1-4H3. The highest BCUT2D eigenvalue weighted by molar-refractivity contribution is 5.55. The average molecular weight is 431 g/mol. The molecule has 1 fully saturated rings. The van der Waals surface area contributed by atoms with E-state index in [1.54, 1.807) is 0 Å². The molecular weight excluding hydrogens is 396 g/mol. The quantitative estimate of drug-likeness (QED) is 0.364. The van der Waals surface area contributed by atoms with E-state index in [2.05, 4.69) is 112 Å². The Bertz CT molecular complexity index is 1190. The van der Waals surface area contributed by atoms with Gasteiger partial charge in [0.2, 0.25) is 0 Å². The van der Waals surface area contributed by atoms with Crippen molar-refractivity contribution >= 4 is 0 Å². The molecule has 0 unspecified atom stereocenters. The van der Waals surface area contributed by atoms with Gasteiger partial charge in [0.05, 0.1) is 0 Å². The Labute approximate surface area is 200 Å². The first kappa shape index (κ1) is 23.0. The van der Waals surface area contributed by atoms with E-state index in [1.807, 2.05) is 0 Å². The lowest BCUT2D eigenvalue weighted by molar-refractivity contribution is 0.289. The second-order valence-electron chi connectivity index (χ2n) is 9.88. The predicted octanol–water partition coefficient (Wildman–Crippen LogP) is 7.78. The maximum atomic E-state index is 3.36. The third-order valence-electron chi connectivity index (χ3n) is 6.88. The van der Waals surface area contributed by atoms with Crippen LogP contribution in [0.1, 0.15) is 77.1 Å². The minimum absolute atomic E-state index is 0.858. The van der Waals surface area contributed by atoms with Crippen molar-refractivity contribution in [3.8, 4) is 23.7 Å². The Balaban J connectivity index is 1.43. The monoisotopic (exact) mass is 430 g/mol. The summed E-state index contributed by atoms with van der Waals surface area (Å²) in [6, 6.07) is 21.5. The van der Waals surface area contributed by atoms with Crippen molar-refractivity contribution in [2.75, 3.05) is 0 Å². The molecule has 166 valence electrons. The normalized spacial score (nSPS) is 17.5. The fourth-order valence-corrected chi connectivity index (χ4v) is 4.74. The first-order chi connectivity index (χ1) is 16.0. The Hall–Kier alpha value is -3.22. The lowest BCUT2D eigenvalue weighted by atomic mass is 9.80. The maximum Gasteiger partial charge on any atom is 0.0308 e. The van der Waals surface area contributed by atoms with Gasteiger partial charge in [0, 0.05) is 22.3 Å². The molecule has 0 aliphatic heterocycles. The van der Waals surface area contributed by atoms with Gasteiger partial charge in [-0.1, -0.05) is 73.3 Å². The van der Waals surface area contributed by atoms with E-state index in [9.17, 15) is 0 Å².